The Bertz CT molecular complexity index is 332. The summed E-state index contributed by atoms with van der Waals surface area (Å²) in [6.45, 7) is 7.29. The summed E-state index contributed by atoms with van der Waals surface area (Å²) in [4.78, 5) is 0. The fraction of sp³-hybridized carbons (Fsp3) is 0.833. The molecule has 96 valence electrons. The maximum Gasteiger partial charge on any atom is 0.525 e. The summed E-state index contributed by atoms with van der Waals surface area (Å²) in [5.74, 6) is 0.180. The van der Waals surface area contributed by atoms with Gasteiger partial charge in [0.15, 0.2) is 0 Å². The van der Waals surface area contributed by atoms with Crippen LogP contribution in [0.25, 0.3) is 0 Å². The minimum atomic E-state index is -0.970. The predicted molar refractivity (Wildman–Crippen MR) is 64.0 cm³/mol. The molecule has 0 radical (unpaired) electrons. The summed E-state index contributed by atoms with van der Waals surface area (Å²) >= 11 is 0. The average Bonchev–Trinajstić information content (AvgIpc) is 2.97. The van der Waals surface area contributed by atoms with Crippen LogP contribution in [-0.4, -0.2) is 30.0 Å². The van der Waals surface area contributed by atoms with Crippen molar-refractivity contribution < 1.29 is 18.8 Å². The van der Waals surface area contributed by atoms with Gasteiger partial charge in [0.25, 0.3) is 0 Å². The topological polar surface area (TPSA) is 38.7 Å². The van der Waals surface area contributed by atoms with Gasteiger partial charge in [0.1, 0.15) is 5.73 Å². The predicted octanol–water partition coefficient (Wildman–Crippen LogP) is 2.24. The van der Waals surface area contributed by atoms with E-state index < -0.39 is 24.0 Å². The smallest absolute Gasteiger partial charge is 0.398 e. The van der Waals surface area contributed by atoms with Gasteiger partial charge in [0.2, 0.25) is 0 Å². The lowest BCUT2D eigenvalue weighted by molar-refractivity contribution is 0.00578. The van der Waals surface area contributed by atoms with E-state index in [1.165, 1.54) is 0 Å². The molecule has 1 N–H and O–H groups in total. The largest absolute Gasteiger partial charge is 0.525 e. The highest BCUT2D eigenvalue weighted by atomic mass is 19.1. The molecule has 0 aromatic rings. The highest BCUT2D eigenvalue weighted by molar-refractivity contribution is 6.53. The number of rotatable bonds is 3. The summed E-state index contributed by atoms with van der Waals surface area (Å²) in [5, 5.41) is 9.22. The monoisotopic (exact) mass is 242 g/mol. The fourth-order valence-electron chi connectivity index (χ4n) is 1.93. The SMILES string of the molecule is CC1(C)OB(C(F)=C(CO)C2CC2)OC1(C)C. The van der Waals surface area contributed by atoms with Crippen molar-refractivity contribution >= 4 is 7.12 Å². The Hall–Kier alpha value is -0.385. The van der Waals surface area contributed by atoms with E-state index in [2.05, 4.69) is 0 Å². The Balaban J connectivity index is 2.20. The van der Waals surface area contributed by atoms with E-state index in [1.807, 2.05) is 27.7 Å². The Morgan fingerprint density at radius 2 is 1.71 bits per heavy atom. The Morgan fingerprint density at radius 1 is 1.24 bits per heavy atom. The van der Waals surface area contributed by atoms with E-state index in [0.29, 0.717) is 5.57 Å². The third kappa shape index (κ3) is 2.28. The van der Waals surface area contributed by atoms with Gasteiger partial charge in [0.05, 0.1) is 17.8 Å². The minimum Gasteiger partial charge on any atom is -0.398 e. The first kappa shape index (κ1) is 13.1. The molecule has 2 aliphatic rings. The summed E-state index contributed by atoms with van der Waals surface area (Å²) in [5.41, 5.74) is -1.07. The lowest BCUT2D eigenvalue weighted by Crippen LogP contribution is -2.41. The Morgan fingerprint density at radius 3 is 2.06 bits per heavy atom. The van der Waals surface area contributed by atoms with Gasteiger partial charge in [-0.25, -0.2) is 4.39 Å². The molecule has 1 saturated carbocycles. The van der Waals surface area contributed by atoms with Crippen molar-refractivity contribution in [3.8, 4) is 0 Å². The van der Waals surface area contributed by atoms with Crippen molar-refractivity contribution in [2.45, 2.75) is 51.7 Å². The van der Waals surface area contributed by atoms with Crippen LogP contribution >= 0.6 is 0 Å². The van der Waals surface area contributed by atoms with Crippen LogP contribution in [-0.2, 0) is 9.31 Å². The van der Waals surface area contributed by atoms with E-state index in [0.717, 1.165) is 12.8 Å². The molecule has 5 heteroatoms. The van der Waals surface area contributed by atoms with Gasteiger partial charge >= 0.3 is 7.12 Å². The Kier molecular flexibility index (Phi) is 3.13. The average molecular weight is 242 g/mol. The van der Waals surface area contributed by atoms with E-state index >= 15 is 0 Å². The van der Waals surface area contributed by atoms with E-state index in [9.17, 15) is 9.50 Å². The lowest BCUT2D eigenvalue weighted by atomic mass is 9.83. The van der Waals surface area contributed by atoms with Crippen LogP contribution in [0.15, 0.2) is 11.3 Å². The van der Waals surface area contributed by atoms with E-state index in [4.69, 9.17) is 9.31 Å². The van der Waals surface area contributed by atoms with Crippen LogP contribution in [0.2, 0.25) is 0 Å². The summed E-state index contributed by atoms with van der Waals surface area (Å²) in [6.07, 6.45) is 1.89. The number of hydrogen-bond donors (Lipinski definition) is 1. The highest BCUT2D eigenvalue weighted by Crippen LogP contribution is 2.43. The zero-order chi connectivity index (χ0) is 12.8. The zero-order valence-electron chi connectivity index (χ0n) is 10.9. The maximum absolute atomic E-state index is 14.2. The fourth-order valence-corrected chi connectivity index (χ4v) is 1.93. The molecule has 0 aromatic carbocycles. The molecule has 0 amide bonds. The molecule has 1 saturated heterocycles. The Labute approximate surface area is 102 Å². The molecule has 0 spiro atoms. The third-order valence-electron chi connectivity index (χ3n) is 4.01. The van der Waals surface area contributed by atoms with Crippen molar-refractivity contribution in [3.63, 3.8) is 0 Å². The van der Waals surface area contributed by atoms with Crippen LogP contribution < -0.4 is 0 Å². The van der Waals surface area contributed by atoms with Gasteiger partial charge in [-0.1, -0.05) is 0 Å². The molecule has 3 nitrogen and oxygen atoms in total. The second-order valence-electron chi connectivity index (χ2n) is 5.89. The van der Waals surface area contributed by atoms with Crippen molar-refractivity contribution in [1.82, 2.24) is 0 Å². The molecule has 0 unspecified atom stereocenters. The summed E-state index contributed by atoms with van der Waals surface area (Å²) in [7, 11) is -0.970. The van der Waals surface area contributed by atoms with Gasteiger partial charge in [-0.15, -0.1) is 0 Å². The van der Waals surface area contributed by atoms with Crippen LogP contribution in [0.4, 0.5) is 4.39 Å². The van der Waals surface area contributed by atoms with Crippen LogP contribution in [0.1, 0.15) is 40.5 Å². The third-order valence-corrected chi connectivity index (χ3v) is 4.01. The van der Waals surface area contributed by atoms with Gasteiger partial charge in [-0.3, -0.25) is 0 Å². The minimum absolute atomic E-state index is 0.180. The maximum atomic E-state index is 14.2. The highest BCUT2D eigenvalue weighted by Gasteiger charge is 2.54. The van der Waals surface area contributed by atoms with E-state index in [-0.39, 0.29) is 12.5 Å². The van der Waals surface area contributed by atoms with Crippen molar-refractivity contribution in [1.29, 1.82) is 0 Å². The standard InChI is InChI=1S/C12H20BFO3/c1-11(2)12(3,4)17-13(16-11)10(14)9(7-15)8-5-6-8/h8,15H,5-7H2,1-4H3. The molecule has 2 fully saturated rings. The van der Waals surface area contributed by atoms with Crippen molar-refractivity contribution in [3.05, 3.63) is 11.3 Å². The molecular formula is C12H20BFO3. The molecule has 0 aromatic heterocycles. The summed E-state index contributed by atoms with van der Waals surface area (Å²) in [6, 6.07) is 0. The number of hydrogen-bond acceptors (Lipinski definition) is 3. The lowest BCUT2D eigenvalue weighted by Gasteiger charge is -2.32. The van der Waals surface area contributed by atoms with Crippen LogP contribution in [0.3, 0.4) is 0 Å². The molecule has 17 heavy (non-hydrogen) atoms. The summed E-state index contributed by atoms with van der Waals surface area (Å²) < 4.78 is 25.5. The van der Waals surface area contributed by atoms with Gasteiger partial charge in [0, 0.05) is 0 Å². The molecule has 2 rings (SSSR count). The van der Waals surface area contributed by atoms with Gasteiger partial charge < -0.3 is 14.4 Å². The number of aliphatic hydroxyl groups is 1. The first-order valence-corrected chi connectivity index (χ1v) is 6.13. The van der Waals surface area contributed by atoms with Crippen LogP contribution in [0.5, 0.6) is 0 Å². The molecular weight excluding hydrogens is 222 g/mol. The first-order chi connectivity index (χ1) is 7.78. The quantitative estimate of drug-likeness (QED) is 0.771. The number of halogens is 1. The molecule has 1 aliphatic carbocycles. The normalized spacial score (nSPS) is 28.2. The zero-order valence-corrected chi connectivity index (χ0v) is 10.9. The van der Waals surface area contributed by atoms with Crippen molar-refractivity contribution in [2.75, 3.05) is 6.61 Å². The molecule has 0 bridgehead atoms. The van der Waals surface area contributed by atoms with Crippen molar-refractivity contribution in [2.24, 2.45) is 5.92 Å². The second kappa shape index (κ2) is 4.07. The van der Waals surface area contributed by atoms with Gasteiger partial charge in [-0.05, 0) is 52.0 Å². The second-order valence-corrected chi connectivity index (χ2v) is 5.89. The van der Waals surface area contributed by atoms with Gasteiger partial charge in [-0.2, -0.15) is 0 Å². The molecule has 0 atom stereocenters. The van der Waals surface area contributed by atoms with E-state index in [1.54, 1.807) is 0 Å². The molecule has 1 aliphatic heterocycles. The molecule has 1 heterocycles. The van der Waals surface area contributed by atoms with Crippen LogP contribution in [0, 0.1) is 5.92 Å². The first-order valence-electron chi connectivity index (χ1n) is 6.13. The number of aliphatic hydroxyl groups excluding tert-OH is 1.